The van der Waals surface area contributed by atoms with Crippen molar-refractivity contribution in [2.24, 2.45) is 5.92 Å². The molecule has 2 heterocycles. The molecule has 1 aromatic heterocycles. The number of hydrogen-bond acceptors (Lipinski definition) is 7. The molecule has 1 fully saturated rings. The molecule has 1 atom stereocenters. The van der Waals surface area contributed by atoms with E-state index in [4.69, 9.17) is 10.6 Å². The molecule has 9 heteroatoms. The molecule has 1 aliphatic rings. The number of nitrogens with two attached hydrogens (primary N) is 1. The highest BCUT2D eigenvalue weighted by Crippen LogP contribution is 2.23. The molecule has 2 aromatic rings. The van der Waals surface area contributed by atoms with E-state index in [-0.39, 0.29) is 23.5 Å². The second-order valence-corrected chi connectivity index (χ2v) is 7.70. The summed E-state index contributed by atoms with van der Waals surface area (Å²) in [5.41, 5.74) is 2.02. The van der Waals surface area contributed by atoms with Crippen LogP contribution >= 0.6 is 11.8 Å². The second kappa shape index (κ2) is 9.09. The minimum Gasteiger partial charge on any atom is -0.466 e. The molecule has 0 radical (unpaired) electrons. The topological polar surface area (TPSA) is 103 Å². The monoisotopic (exact) mass is 403 g/mol. The lowest BCUT2D eigenvalue weighted by Gasteiger charge is -2.31. The Hall–Kier alpha value is -2.55. The van der Waals surface area contributed by atoms with E-state index in [1.165, 1.54) is 16.4 Å². The third-order valence-corrected chi connectivity index (χ3v) is 5.62. The average Bonchev–Trinajstić information content (AvgIpc) is 3.07. The number of carbonyl (C=O) groups excluding carboxylic acids is 2. The van der Waals surface area contributed by atoms with E-state index in [0.29, 0.717) is 30.7 Å². The minimum absolute atomic E-state index is 0.0427. The van der Waals surface area contributed by atoms with Crippen molar-refractivity contribution in [1.82, 2.24) is 19.8 Å². The Bertz CT molecular complexity index is 837. The zero-order valence-corrected chi connectivity index (χ0v) is 16.9. The van der Waals surface area contributed by atoms with Crippen molar-refractivity contribution in [2.75, 3.05) is 31.3 Å². The van der Waals surface area contributed by atoms with Crippen molar-refractivity contribution in [3.05, 3.63) is 29.8 Å². The molecule has 1 amide bonds. The summed E-state index contributed by atoms with van der Waals surface area (Å²) in [4.78, 5) is 26.2. The fraction of sp³-hybridized carbons (Fsp3) is 0.474. The molecule has 0 aliphatic carbocycles. The molecular weight excluding hydrogens is 378 g/mol. The molecule has 28 heavy (non-hydrogen) atoms. The third kappa shape index (κ3) is 4.64. The highest BCUT2D eigenvalue weighted by atomic mass is 32.2. The highest BCUT2D eigenvalue weighted by Gasteiger charge is 2.29. The van der Waals surface area contributed by atoms with Gasteiger partial charge < -0.3 is 15.5 Å². The first-order valence-electron chi connectivity index (χ1n) is 9.34. The fourth-order valence-electron chi connectivity index (χ4n) is 3.15. The van der Waals surface area contributed by atoms with Gasteiger partial charge in [-0.2, -0.15) is 0 Å². The molecule has 0 unspecified atom stereocenters. The standard InChI is InChI=1S/C19H25N5O3S/c1-3-27-18(26)15-5-4-10-23(11-15)16(25)12-28-19-22-21-17(24(19)20)14-8-6-13(2)7-9-14/h6-9,15H,3-5,10-12,20H2,1-2H3/t15-/m1/s1. The van der Waals surface area contributed by atoms with Crippen LogP contribution in [-0.2, 0) is 14.3 Å². The molecule has 1 aromatic carbocycles. The number of rotatable bonds is 6. The number of nitrogens with zero attached hydrogens (tertiary/aromatic N) is 4. The van der Waals surface area contributed by atoms with Crippen molar-refractivity contribution >= 4 is 23.6 Å². The first-order valence-corrected chi connectivity index (χ1v) is 10.3. The van der Waals surface area contributed by atoms with Crippen LogP contribution in [-0.4, -0.2) is 57.1 Å². The van der Waals surface area contributed by atoms with Gasteiger partial charge in [-0.05, 0) is 26.7 Å². The molecule has 8 nitrogen and oxygen atoms in total. The number of carbonyl (C=O) groups is 2. The van der Waals surface area contributed by atoms with Gasteiger partial charge in [0.05, 0.1) is 18.3 Å². The number of esters is 1. The number of hydrogen-bond donors (Lipinski definition) is 1. The summed E-state index contributed by atoms with van der Waals surface area (Å²) in [6.45, 7) is 5.21. The number of benzene rings is 1. The van der Waals surface area contributed by atoms with Gasteiger partial charge in [-0.3, -0.25) is 9.59 Å². The largest absolute Gasteiger partial charge is 0.466 e. The van der Waals surface area contributed by atoms with E-state index >= 15 is 0 Å². The number of piperidine rings is 1. The van der Waals surface area contributed by atoms with Crippen molar-refractivity contribution < 1.29 is 14.3 Å². The van der Waals surface area contributed by atoms with E-state index in [2.05, 4.69) is 10.2 Å². The van der Waals surface area contributed by atoms with E-state index in [0.717, 1.165) is 24.0 Å². The summed E-state index contributed by atoms with van der Waals surface area (Å²) < 4.78 is 6.49. The Labute approximate surface area is 168 Å². The Kier molecular flexibility index (Phi) is 6.56. The van der Waals surface area contributed by atoms with Gasteiger partial charge in [-0.15, -0.1) is 10.2 Å². The molecule has 3 rings (SSSR count). The van der Waals surface area contributed by atoms with Gasteiger partial charge >= 0.3 is 5.97 Å². The van der Waals surface area contributed by atoms with Gasteiger partial charge in [-0.25, -0.2) is 4.68 Å². The van der Waals surface area contributed by atoms with Gasteiger partial charge in [0.25, 0.3) is 0 Å². The molecule has 0 spiro atoms. The Morgan fingerprint density at radius 2 is 2.04 bits per heavy atom. The molecule has 150 valence electrons. The van der Waals surface area contributed by atoms with Crippen LogP contribution in [0.2, 0.25) is 0 Å². The second-order valence-electron chi connectivity index (χ2n) is 6.76. The van der Waals surface area contributed by atoms with Gasteiger partial charge in [0.2, 0.25) is 11.1 Å². The molecule has 0 bridgehead atoms. The lowest BCUT2D eigenvalue weighted by Crippen LogP contribution is -2.43. The SMILES string of the molecule is CCOC(=O)[C@@H]1CCCN(C(=O)CSc2nnc(-c3ccc(C)cc3)n2N)C1. The van der Waals surface area contributed by atoms with Crippen LogP contribution < -0.4 is 5.84 Å². The van der Waals surface area contributed by atoms with Crippen molar-refractivity contribution in [3.8, 4) is 11.4 Å². The number of amides is 1. The first kappa shape index (κ1) is 20.2. The van der Waals surface area contributed by atoms with Crippen molar-refractivity contribution in [3.63, 3.8) is 0 Å². The van der Waals surface area contributed by atoms with E-state index in [1.54, 1.807) is 11.8 Å². The number of aromatic nitrogens is 3. The van der Waals surface area contributed by atoms with Crippen LogP contribution in [0.5, 0.6) is 0 Å². The van der Waals surface area contributed by atoms with E-state index < -0.39 is 0 Å². The zero-order chi connectivity index (χ0) is 20.1. The smallest absolute Gasteiger partial charge is 0.310 e. The maximum absolute atomic E-state index is 12.6. The number of likely N-dealkylation sites (tertiary alicyclic amines) is 1. The Morgan fingerprint density at radius 3 is 2.75 bits per heavy atom. The maximum atomic E-state index is 12.6. The van der Waals surface area contributed by atoms with Crippen LogP contribution in [0.15, 0.2) is 29.4 Å². The predicted molar refractivity (Wildman–Crippen MR) is 107 cm³/mol. The van der Waals surface area contributed by atoms with E-state index in [9.17, 15) is 9.59 Å². The van der Waals surface area contributed by atoms with Crippen LogP contribution in [0, 0.1) is 12.8 Å². The van der Waals surface area contributed by atoms with E-state index in [1.807, 2.05) is 31.2 Å². The average molecular weight is 404 g/mol. The lowest BCUT2D eigenvalue weighted by atomic mass is 9.98. The highest BCUT2D eigenvalue weighted by molar-refractivity contribution is 7.99. The Morgan fingerprint density at radius 1 is 1.29 bits per heavy atom. The van der Waals surface area contributed by atoms with Crippen LogP contribution in [0.1, 0.15) is 25.3 Å². The molecule has 0 saturated carbocycles. The number of thioether (sulfide) groups is 1. The first-order chi connectivity index (χ1) is 13.5. The minimum atomic E-state index is -0.242. The summed E-state index contributed by atoms with van der Waals surface area (Å²) in [7, 11) is 0. The normalized spacial score (nSPS) is 16.8. The summed E-state index contributed by atoms with van der Waals surface area (Å²) in [5.74, 6) is 6.35. The summed E-state index contributed by atoms with van der Waals surface area (Å²) in [6, 6.07) is 7.84. The van der Waals surface area contributed by atoms with Gasteiger partial charge in [0.1, 0.15) is 0 Å². The lowest BCUT2D eigenvalue weighted by molar-refractivity contribution is -0.151. The quantitative estimate of drug-likeness (QED) is 0.446. The number of aryl methyl sites for hydroxylation is 1. The zero-order valence-electron chi connectivity index (χ0n) is 16.1. The number of nitrogen functional groups attached to an aromatic ring is 1. The molecule has 2 N–H and O–H groups in total. The van der Waals surface area contributed by atoms with Crippen molar-refractivity contribution in [1.29, 1.82) is 0 Å². The summed E-state index contributed by atoms with van der Waals surface area (Å²) in [5, 5.41) is 8.72. The fourth-order valence-corrected chi connectivity index (χ4v) is 3.91. The predicted octanol–water partition coefficient (Wildman–Crippen LogP) is 1.86. The molecule has 1 saturated heterocycles. The molecular formula is C19H25N5O3S. The third-order valence-electron chi connectivity index (χ3n) is 4.69. The van der Waals surface area contributed by atoms with Crippen LogP contribution in [0.4, 0.5) is 0 Å². The summed E-state index contributed by atoms with van der Waals surface area (Å²) in [6.07, 6.45) is 1.55. The van der Waals surface area contributed by atoms with Gasteiger partial charge in [-0.1, -0.05) is 41.6 Å². The van der Waals surface area contributed by atoms with Gasteiger partial charge in [0, 0.05) is 18.7 Å². The molecule has 1 aliphatic heterocycles. The Balaban J connectivity index is 1.59. The van der Waals surface area contributed by atoms with Crippen molar-refractivity contribution in [2.45, 2.75) is 31.8 Å². The van der Waals surface area contributed by atoms with Crippen LogP contribution in [0.25, 0.3) is 11.4 Å². The maximum Gasteiger partial charge on any atom is 0.310 e. The van der Waals surface area contributed by atoms with Gasteiger partial charge in [0.15, 0.2) is 5.82 Å². The number of ether oxygens (including phenoxy) is 1. The van der Waals surface area contributed by atoms with Crippen LogP contribution in [0.3, 0.4) is 0 Å². The summed E-state index contributed by atoms with van der Waals surface area (Å²) >= 11 is 1.24.